The number of rotatable bonds is 6. The lowest BCUT2D eigenvalue weighted by atomic mass is 9.98. The van der Waals surface area contributed by atoms with Gasteiger partial charge in [0.15, 0.2) is 23.1 Å². The molecule has 0 atom stereocenters. The SMILES string of the molecule is COc1cccc(C(=O)N2CCC(N3CCC(Oc4ccccc4F)CC3)CC2)c1OC. The summed E-state index contributed by atoms with van der Waals surface area (Å²) in [5.41, 5.74) is 0.538. The van der Waals surface area contributed by atoms with Gasteiger partial charge in [-0.1, -0.05) is 18.2 Å². The van der Waals surface area contributed by atoms with Crippen LogP contribution in [0.5, 0.6) is 17.2 Å². The number of methoxy groups -OCH3 is 2. The number of amides is 1. The molecule has 7 heteroatoms. The van der Waals surface area contributed by atoms with Gasteiger partial charge in [0.05, 0.1) is 19.8 Å². The Morgan fingerprint density at radius 3 is 2.22 bits per heavy atom. The van der Waals surface area contributed by atoms with Crippen LogP contribution in [0.2, 0.25) is 0 Å². The summed E-state index contributed by atoms with van der Waals surface area (Å²) in [5, 5.41) is 0. The van der Waals surface area contributed by atoms with Gasteiger partial charge in [-0.15, -0.1) is 0 Å². The van der Waals surface area contributed by atoms with Crippen molar-refractivity contribution >= 4 is 5.91 Å². The van der Waals surface area contributed by atoms with Gasteiger partial charge < -0.3 is 19.1 Å². The Balaban J connectivity index is 1.28. The summed E-state index contributed by atoms with van der Waals surface area (Å²) in [4.78, 5) is 17.5. The quantitative estimate of drug-likeness (QED) is 0.677. The smallest absolute Gasteiger partial charge is 0.257 e. The summed E-state index contributed by atoms with van der Waals surface area (Å²) >= 11 is 0. The number of nitrogens with zero attached hydrogens (tertiary/aromatic N) is 2. The molecule has 2 aliphatic rings. The number of piperidine rings is 2. The summed E-state index contributed by atoms with van der Waals surface area (Å²) in [6.07, 6.45) is 3.70. The van der Waals surface area contributed by atoms with E-state index < -0.39 is 0 Å². The molecule has 0 aromatic heterocycles. The summed E-state index contributed by atoms with van der Waals surface area (Å²) < 4.78 is 30.5. The van der Waals surface area contributed by atoms with Gasteiger partial charge >= 0.3 is 0 Å². The summed E-state index contributed by atoms with van der Waals surface area (Å²) in [6, 6.07) is 12.4. The molecule has 2 aromatic rings. The second-order valence-corrected chi connectivity index (χ2v) is 8.35. The summed E-state index contributed by atoms with van der Waals surface area (Å²) in [6.45, 7) is 3.30. The van der Waals surface area contributed by atoms with Gasteiger partial charge in [-0.2, -0.15) is 0 Å². The molecule has 0 unspecified atom stereocenters. The van der Waals surface area contributed by atoms with Crippen molar-refractivity contribution in [1.82, 2.24) is 9.80 Å². The fourth-order valence-electron chi connectivity index (χ4n) is 4.74. The number of ether oxygens (including phenoxy) is 3. The van der Waals surface area contributed by atoms with Crippen molar-refractivity contribution in [2.75, 3.05) is 40.4 Å². The average molecular weight is 443 g/mol. The second kappa shape index (κ2) is 10.2. The van der Waals surface area contributed by atoms with E-state index in [2.05, 4.69) is 4.90 Å². The van der Waals surface area contributed by atoms with Crippen LogP contribution >= 0.6 is 0 Å². The monoisotopic (exact) mass is 442 g/mol. The summed E-state index contributed by atoms with van der Waals surface area (Å²) in [5.74, 6) is 1.06. The van der Waals surface area contributed by atoms with E-state index in [1.54, 1.807) is 44.6 Å². The first kappa shape index (κ1) is 22.4. The van der Waals surface area contributed by atoms with Crippen LogP contribution in [0.25, 0.3) is 0 Å². The summed E-state index contributed by atoms with van der Waals surface area (Å²) in [7, 11) is 3.13. The van der Waals surface area contributed by atoms with Gasteiger partial charge in [0.2, 0.25) is 0 Å². The normalized spacial score (nSPS) is 18.4. The van der Waals surface area contributed by atoms with Gasteiger partial charge in [0.1, 0.15) is 6.10 Å². The molecule has 0 N–H and O–H groups in total. The van der Waals surface area contributed by atoms with Crippen molar-refractivity contribution < 1.29 is 23.4 Å². The number of halogens is 1. The van der Waals surface area contributed by atoms with E-state index in [0.717, 1.165) is 51.9 Å². The second-order valence-electron chi connectivity index (χ2n) is 8.35. The number of hydrogen-bond donors (Lipinski definition) is 0. The molecule has 172 valence electrons. The third-order valence-corrected chi connectivity index (χ3v) is 6.51. The van der Waals surface area contributed by atoms with Gasteiger partial charge in [-0.25, -0.2) is 4.39 Å². The molecule has 2 fully saturated rings. The molecule has 32 heavy (non-hydrogen) atoms. The molecular weight excluding hydrogens is 411 g/mol. The molecule has 2 aromatic carbocycles. The maximum Gasteiger partial charge on any atom is 0.257 e. The lowest BCUT2D eigenvalue weighted by Crippen LogP contribution is -2.50. The topological polar surface area (TPSA) is 51.2 Å². The van der Waals surface area contributed by atoms with E-state index in [4.69, 9.17) is 14.2 Å². The third-order valence-electron chi connectivity index (χ3n) is 6.51. The molecule has 0 bridgehead atoms. The Morgan fingerprint density at radius 1 is 0.875 bits per heavy atom. The minimum absolute atomic E-state index is 0.0174. The van der Waals surface area contributed by atoms with Crippen LogP contribution in [0.15, 0.2) is 42.5 Å². The lowest BCUT2D eigenvalue weighted by molar-refractivity contribution is 0.0415. The van der Waals surface area contributed by atoms with E-state index >= 15 is 0 Å². The lowest BCUT2D eigenvalue weighted by Gasteiger charge is -2.41. The van der Waals surface area contributed by atoms with E-state index in [9.17, 15) is 9.18 Å². The van der Waals surface area contributed by atoms with Crippen LogP contribution in [0.4, 0.5) is 4.39 Å². The predicted molar refractivity (Wildman–Crippen MR) is 120 cm³/mol. The number of carbonyl (C=O) groups is 1. The van der Waals surface area contributed by atoms with Crippen LogP contribution in [0.1, 0.15) is 36.0 Å². The van der Waals surface area contributed by atoms with Crippen molar-refractivity contribution in [3.8, 4) is 17.2 Å². The fourth-order valence-corrected chi connectivity index (χ4v) is 4.74. The van der Waals surface area contributed by atoms with E-state index in [1.807, 2.05) is 11.0 Å². The molecule has 2 saturated heterocycles. The van der Waals surface area contributed by atoms with Gasteiger partial charge in [-0.3, -0.25) is 9.69 Å². The van der Waals surface area contributed by atoms with Crippen LogP contribution in [0, 0.1) is 5.82 Å². The zero-order valence-corrected chi connectivity index (χ0v) is 18.8. The maximum atomic E-state index is 13.8. The number of benzene rings is 2. The molecular formula is C25H31FN2O4. The highest BCUT2D eigenvalue weighted by atomic mass is 19.1. The number of likely N-dealkylation sites (tertiary alicyclic amines) is 2. The molecule has 2 heterocycles. The predicted octanol–water partition coefficient (Wildman–Crippen LogP) is 3.99. The number of carbonyl (C=O) groups excluding carboxylic acids is 1. The van der Waals surface area contributed by atoms with Crippen molar-refractivity contribution in [3.05, 3.63) is 53.8 Å². The highest BCUT2D eigenvalue weighted by molar-refractivity contribution is 5.97. The van der Waals surface area contributed by atoms with E-state index in [0.29, 0.717) is 28.9 Å². The zero-order valence-electron chi connectivity index (χ0n) is 18.8. The minimum atomic E-state index is -0.306. The Hall–Kier alpha value is -2.80. The first-order chi connectivity index (χ1) is 15.6. The Morgan fingerprint density at radius 2 is 1.56 bits per heavy atom. The van der Waals surface area contributed by atoms with Crippen molar-refractivity contribution in [2.45, 2.75) is 37.8 Å². The van der Waals surface area contributed by atoms with Crippen molar-refractivity contribution in [1.29, 1.82) is 0 Å². The highest BCUT2D eigenvalue weighted by Gasteiger charge is 2.31. The standard InChI is InChI=1S/C25H31FN2O4/c1-30-23-9-5-6-20(24(23)31-2)25(29)28-14-10-18(11-15-28)27-16-12-19(13-17-27)32-22-8-4-3-7-21(22)26/h3-9,18-19H,10-17H2,1-2H3. The van der Waals surface area contributed by atoms with E-state index in [-0.39, 0.29) is 17.8 Å². The van der Waals surface area contributed by atoms with Crippen molar-refractivity contribution in [3.63, 3.8) is 0 Å². The minimum Gasteiger partial charge on any atom is -0.493 e. The van der Waals surface area contributed by atoms with Crippen LogP contribution < -0.4 is 14.2 Å². The third kappa shape index (κ3) is 4.83. The maximum absolute atomic E-state index is 13.8. The molecule has 6 nitrogen and oxygen atoms in total. The molecule has 0 radical (unpaired) electrons. The zero-order chi connectivity index (χ0) is 22.5. The molecule has 0 saturated carbocycles. The Labute approximate surface area is 188 Å². The van der Waals surface area contributed by atoms with Gasteiger partial charge in [0.25, 0.3) is 5.91 Å². The highest BCUT2D eigenvalue weighted by Crippen LogP contribution is 2.32. The fraction of sp³-hybridized carbons (Fsp3) is 0.480. The molecule has 2 aliphatic heterocycles. The van der Waals surface area contributed by atoms with Crippen LogP contribution in [-0.4, -0.2) is 68.3 Å². The van der Waals surface area contributed by atoms with Gasteiger partial charge in [-0.05, 0) is 49.9 Å². The molecule has 4 rings (SSSR count). The number of hydrogen-bond acceptors (Lipinski definition) is 5. The Kier molecular flexibility index (Phi) is 7.15. The Bertz CT molecular complexity index is 922. The number of para-hydroxylation sites is 2. The molecule has 0 aliphatic carbocycles. The van der Waals surface area contributed by atoms with Crippen molar-refractivity contribution in [2.24, 2.45) is 0 Å². The molecule has 1 amide bonds. The van der Waals surface area contributed by atoms with Crippen LogP contribution in [0.3, 0.4) is 0 Å². The van der Waals surface area contributed by atoms with E-state index in [1.165, 1.54) is 6.07 Å². The molecule has 0 spiro atoms. The average Bonchev–Trinajstić information content (AvgIpc) is 2.85. The van der Waals surface area contributed by atoms with Crippen LogP contribution in [-0.2, 0) is 0 Å². The van der Waals surface area contributed by atoms with Gasteiger partial charge in [0, 0.05) is 32.2 Å². The first-order valence-electron chi connectivity index (χ1n) is 11.3. The first-order valence-corrected chi connectivity index (χ1v) is 11.3. The largest absolute Gasteiger partial charge is 0.493 e.